The minimum absolute atomic E-state index is 0.259. The molecule has 0 aromatic heterocycles. The van der Waals surface area contributed by atoms with Gasteiger partial charge in [-0.15, -0.1) is 0 Å². The Bertz CT molecular complexity index is 969. The number of hydrogen-bond acceptors (Lipinski definition) is 6. The first-order chi connectivity index (χ1) is 14.8. The Labute approximate surface area is 183 Å². The van der Waals surface area contributed by atoms with E-state index in [1.165, 1.54) is 4.31 Å². The monoisotopic (exact) mass is 447 g/mol. The summed E-state index contributed by atoms with van der Waals surface area (Å²) < 4.78 is 37.8. The predicted octanol–water partition coefficient (Wildman–Crippen LogP) is 1.72. The van der Waals surface area contributed by atoms with E-state index in [0.29, 0.717) is 24.6 Å². The van der Waals surface area contributed by atoms with Crippen molar-refractivity contribution in [1.29, 1.82) is 0 Å². The van der Waals surface area contributed by atoms with E-state index in [-0.39, 0.29) is 17.3 Å². The first-order valence-electron chi connectivity index (χ1n) is 10.2. The number of amides is 1. The molecule has 1 unspecified atom stereocenters. The molecule has 1 heterocycles. The van der Waals surface area contributed by atoms with Crippen LogP contribution in [0, 0.1) is 0 Å². The lowest BCUT2D eigenvalue weighted by atomic mass is 10.2. The number of rotatable bonds is 8. The number of hydrogen-bond donors (Lipinski definition) is 1. The zero-order chi connectivity index (χ0) is 22.4. The summed E-state index contributed by atoms with van der Waals surface area (Å²) in [6.07, 6.45) is -0.676. The molecule has 1 atom stereocenters. The van der Waals surface area contributed by atoms with Crippen molar-refractivity contribution in [2.45, 2.75) is 24.5 Å². The first-order valence-corrected chi connectivity index (χ1v) is 11.6. The lowest BCUT2D eigenvalue weighted by Gasteiger charge is -2.31. The maximum Gasteiger partial charge on any atom is 0.261 e. The number of carbonyl (C=O) groups excluding carboxylic acids is 1. The molecule has 1 N–H and O–H groups in total. The van der Waals surface area contributed by atoms with Crippen molar-refractivity contribution in [3.63, 3.8) is 0 Å². The molecule has 3 rings (SSSR count). The average Bonchev–Trinajstić information content (AvgIpc) is 2.78. The van der Waals surface area contributed by atoms with Gasteiger partial charge in [0.05, 0.1) is 12.0 Å². The maximum absolute atomic E-state index is 12.8. The molecule has 0 radical (unpaired) electrons. The van der Waals surface area contributed by atoms with Crippen molar-refractivity contribution in [3.05, 3.63) is 54.1 Å². The quantitative estimate of drug-likeness (QED) is 0.663. The number of piperazine rings is 1. The van der Waals surface area contributed by atoms with Gasteiger partial charge in [-0.05, 0) is 55.9 Å². The Balaban J connectivity index is 1.52. The van der Waals surface area contributed by atoms with Crippen LogP contribution in [0.25, 0.3) is 0 Å². The van der Waals surface area contributed by atoms with E-state index in [2.05, 4.69) is 10.2 Å². The summed E-state index contributed by atoms with van der Waals surface area (Å²) in [4.78, 5) is 14.7. The lowest BCUT2D eigenvalue weighted by Crippen LogP contribution is -2.47. The van der Waals surface area contributed by atoms with E-state index in [9.17, 15) is 13.2 Å². The summed E-state index contributed by atoms with van der Waals surface area (Å²) in [6.45, 7) is 4.38. The molecule has 0 saturated carbocycles. The Morgan fingerprint density at radius 3 is 2.16 bits per heavy atom. The molecule has 168 valence electrons. The van der Waals surface area contributed by atoms with Crippen molar-refractivity contribution < 1.29 is 22.7 Å². The van der Waals surface area contributed by atoms with Gasteiger partial charge in [0.1, 0.15) is 11.5 Å². The summed E-state index contributed by atoms with van der Waals surface area (Å²) in [7, 11) is 0.0695. The number of likely N-dealkylation sites (N-methyl/N-ethyl adjacent to an activating group) is 1. The van der Waals surface area contributed by atoms with Gasteiger partial charge in [0, 0.05) is 32.7 Å². The number of ether oxygens (including phenoxy) is 2. The average molecular weight is 448 g/mol. The van der Waals surface area contributed by atoms with Gasteiger partial charge in [-0.1, -0.05) is 12.1 Å². The summed E-state index contributed by atoms with van der Waals surface area (Å²) >= 11 is 0. The highest BCUT2D eigenvalue weighted by molar-refractivity contribution is 7.89. The molecule has 8 nitrogen and oxygen atoms in total. The van der Waals surface area contributed by atoms with Crippen molar-refractivity contribution in [1.82, 2.24) is 14.5 Å². The number of nitrogens with zero attached hydrogens (tertiary/aromatic N) is 2. The normalized spacial score (nSPS) is 16.5. The lowest BCUT2D eigenvalue weighted by molar-refractivity contribution is -0.127. The molecule has 31 heavy (non-hydrogen) atoms. The zero-order valence-electron chi connectivity index (χ0n) is 18.1. The summed E-state index contributed by atoms with van der Waals surface area (Å²) in [6, 6.07) is 13.6. The van der Waals surface area contributed by atoms with Crippen LogP contribution in [0.4, 0.5) is 0 Å². The van der Waals surface area contributed by atoms with Crippen LogP contribution >= 0.6 is 0 Å². The Hall–Kier alpha value is -2.62. The van der Waals surface area contributed by atoms with E-state index < -0.39 is 16.1 Å². The molecule has 0 spiro atoms. The van der Waals surface area contributed by atoms with Crippen molar-refractivity contribution in [2.75, 3.05) is 40.3 Å². The molecule has 1 aliphatic rings. The molecule has 2 aromatic carbocycles. The minimum Gasteiger partial charge on any atom is -0.497 e. The molecule has 1 saturated heterocycles. The van der Waals surface area contributed by atoms with Crippen LogP contribution in [-0.2, 0) is 21.4 Å². The van der Waals surface area contributed by atoms with Gasteiger partial charge in [0.2, 0.25) is 10.0 Å². The molecule has 0 aliphatic carbocycles. The Morgan fingerprint density at radius 1 is 1.00 bits per heavy atom. The van der Waals surface area contributed by atoms with Gasteiger partial charge in [-0.3, -0.25) is 4.79 Å². The third kappa shape index (κ3) is 5.96. The number of sulfonamides is 1. The van der Waals surface area contributed by atoms with E-state index in [1.807, 2.05) is 7.05 Å². The van der Waals surface area contributed by atoms with Crippen LogP contribution in [0.3, 0.4) is 0 Å². The SMILES string of the molecule is COc1ccc(OC(C)C(=O)NCc2ccc(S(=O)(=O)N3CCN(C)CC3)cc2)cc1. The predicted molar refractivity (Wildman–Crippen MR) is 118 cm³/mol. The molecule has 0 bridgehead atoms. The summed E-state index contributed by atoms with van der Waals surface area (Å²) in [5, 5.41) is 2.81. The molecule has 2 aromatic rings. The van der Waals surface area contributed by atoms with Crippen LogP contribution in [0.15, 0.2) is 53.4 Å². The summed E-state index contributed by atoms with van der Waals surface area (Å²) in [5.41, 5.74) is 0.808. The molecule has 1 amide bonds. The van der Waals surface area contributed by atoms with E-state index >= 15 is 0 Å². The Kier molecular flexibility index (Phi) is 7.53. The fourth-order valence-electron chi connectivity index (χ4n) is 3.20. The van der Waals surface area contributed by atoms with Gasteiger partial charge in [0.25, 0.3) is 5.91 Å². The number of methoxy groups -OCH3 is 1. The van der Waals surface area contributed by atoms with Gasteiger partial charge in [0.15, 0.2) is 6.10 Å². The molecule has 1 fully saturated rings. The van der Waals surface area contributed by atoms with Gasteiger partial charge in [-0.25, -0.2) is 8.42 Å². The van der Waals surface area contributed by atoms with E-state index in [1.54, 1.807) is 62.6 Å². The highest BCUT2D eigenvalue weighted by atomic mass is 32.2. The second kappa shape index (κ2) is 10.1. The standard InChI is InChI=1S/C22H29N3O5S/c1-17(30-20-8-6-19(29-3)7-9-20)22(26)23-16-18-4-10-21(11-5-18)31(27,28)25-14-12-24(2)13-15-25/h4-11,17H,12-16H2,1-3H3,(H,23,26). The van der Waals surface area contributed by atoms with Gasteiger partial charge in [-0.2, -0.15) is 4.31 Å². The highest BCUT2D eigenvalue weighted by Crippen LogP contribution is 2.19. The fourth-order valence-corrected chi connectivity index (χ4v) is 4.62. The highest BCUT2D eigenvalue weighted by Gasteiger charge is 2.27. The number of nitrogens with one attached hydrogen (secondary N) is 1. The number of benzene rings is 2. The molecule has 1 aliphatic heterocycles. The maximum atomic E-state index is 12.8. The minimum atomic E-state index is -3.50. The largest absolute Gasteiger partial charge is 0.497 e. The molecule has 9 heteroatoms. The van der Waals surface area contributed by atoms with Crippen LogP contribution in [0.1, 0.15) is 12.5 Å². The van der Waals surface area contributed by atoms with Gasteiger partial charge < -0.3 is 19.7 Å². The van der Waals surface area contributed by atoms with E-state index in [4.69, 9.17) is 9.47 Å². The van der Waals surface area contributed by atoms with E-state index in [0.717, 1.165) is 18.7 Å². The first kappa shape index (κ1) is 23.1. The van der Waals surface area contributed by atoms with Crippen molar-refractivity contribution >= 4 is 15.9 Å². The number of carbonyl (C=O) groups is 1. The molecular formula is C22H29N3O5S. The smallest absolute Gasteiger partial charge is 0.261 e. The van der Waals surface area contributed by atoms with Crippen LogP contribution in [0.5, 0.6) is 11.5 Å². The van der Waals surface area contributed by atoms with Crippen LogP contribution < -0.4 is 14.8 Å². The Morgan fingerprint density at radius 2 is 1.58 bits per heavy atom. The molecular weight excluding hydrogens is 418 g/mol. The second-order valence-corrected chi connectivity index (χ2v) is 9.44. The topological polar surface area (TPSA) is 88.2 Å². The van der Waals surface area contributed by atoms with Crippen LogP contribution in [0.2, 0.25) is 0 Å². The third-order valence-corrected chi connectivity index (χ3v) is 7.14. The second-order valence-electron chi connectivity index (χ2n) is 7.50. The zero-order valence-corrected chi connectivity index (χ0v) is 18.9. The fraction of sp³-hybridized carbons (Fsp3) is 0.409. The van der Waals surface area contributed by atoms with Gasteiger partial charge >= 0.3 is 0 Å². The van der Waals surface area contributed by atoms with Crippen molar-refractivity contribution in [3.8, 4) is 11.5 Å². The van der Waals surface area contributed by atoms with Crippen molar-refractivity contribution in [2.24, 2.45) is 0 Å². The summed E-state index contributed by atoms with van der Waals surface area (Å²) in [5.74, 6) is 1.02. The third-order valence-electron chi connectivity index (χ3n) is 5.23. The van der Waals surface area contributed by atoms with Crippen LogP contribution in [-0.4, -0.2) is 70.0 Å².